The Morgan fingerprint density at radius 2 is 2.09 bits per heavy atom. The maximum Gasteiger partial charge on any atom is 0.276 e. The summed E-state index contributed by atoms with van der Waals surface area (Å²) >= 11 is 1.35. The Kier molecular flexibility index (Phi) is 4.47. The van der Waals surface area contributed by atoms with E-state index in [1.165, 1.54) is 23.5 Å². The fourth-order valence-corrected chi connectivity index (χ4v) is 2.92. The molecule has 0 fully saturated rings. The molecule has 1 amide bonds. The van der Waals surface area contributed by atoms with Crippen molar-refractivity contribution < 1.29 is 9.18 Å². The molecule has 0 aliphatic rings. The Balaban J connectivity index is 1.76. The van der Waals surface area contributed by atoms with E-state index in [0.29, 0.717) is 16.5 Å². The van der Waals surface area contributed by atoms with Crippen LogP contribution in [0.25, 0.3) is 10.6 Å². The van der Waals surface area contributed by atoms with Gasteiger partial charge in [-0.25, -0.2) is 14.1 Å². The summed E-state index contributed by atoms with van der Waals surface area (Å²) in [6.45, 7) is 2.78. The molecule has 7 heteroatoms. The minimum Gasteiger partial charge on any atom is -0.305 e. The Labute approximate surface area is 136 Å². The predicted molar refractivity (Wildman–Crippen MR) is 88.0 cm³/mol. The maximum atomic E-state index is 13.0. The first-order valence-corrected chi connectivity index (χ1v) is 8.10. The van der Waals surface area contributed by atoms with Crippen molar-refractivity contribution in [2.75, 3.05) is 5.32 Å². The Hall–Kier alpha value is -2.54. The molecule has 23 heavy (non-hydrogen) atoms. The van der Waals surface area contributed by atoms with E-state index in [2.05, 4.69) is 15.4 Å². The zero-order chi connectivity index (χ0) is 16.2. The van der Waals surface area contributed by atoms with Gasteiger partial charge < -0.3 is 5.32 Å². The molecule has 0 saturated heterocycles. The van der Waals surface area contributed by atoms with E-state index >= 15 is 0 Å². The predicted octanol–water partition coefficient (Wildman–Crippen LogP) is 3.81. The molecule has 0 saturated carbocycles. The monoisotopic (exact) mass is 330 g/mol. The lowest BCUT2D eigenvalue weighted by molar-refractivity contribution is 0.102. The minimum absolute atomic E-state index is 0.285. The lowest BCUT2D eigenvalue weighted by Crippen LogP contribution is -2.16. The molecule has 0 aliphatic carbocycles. The average Bonchev–Trinajstić information content (AvgIpc) is 3.18. The van der Waals surface area contributed by atoms with E-state index in [-0.39, 0.29) is 11.7 Å². The van der Waals surface area contributed by atoms with Gasteiger partial charge in [0.05, 0.1) is 6.20 Å². The van der Waals surface area contributed by atoms with E-state index in [0.717, 1.165) is 18.5 Å². The molecule has 118 valence electrons. The van der Waals surface area contributed by atoms with Crippen LogP contribution in [0.1, 0.15) is 23.8 Å². The van der Waals surface area contributed by atoms with E-state index < -0.39 is 0 Å². The first kappa shape index (κ1) is 15.4. The van der Waals surface area contributed by atoms with Gasteiger partial charge in [-0.05, 0) is 30.7 Å². The number of hydrogen-bond donors (Lipinski definition) is 1. The van der Waals surface area contributed by atoms with Crippen LogP contribution in [0, 0.1) is 5.82 Å². The largest absolute Gasteiger partial charge is 0.305 e. The molecule has 1 aromatic carbocycles. The molecule has 5 nitrogen and oxygen atoms in total. The summed E-state index contributed by atoms with van der Waals surface area (Å²) in [6, 6.07) is 7.79. The van der Waals surface area contributed by atoms with Crippen molar-refractivity contribution in [1.29, 1.82) is 0 Å². The van der Waals surface area contributed by atoms with E-state index in [9.17, 15) is 9.18 Å². The number of nitrogens with one attached hydrogen (secondary N) is 1. The second-order valence-electron chi connectivity index (χ2n) is 4.94. The van der Waals surface area contributed by atoms with Crippen molar-refractivity contribution >= 4 is 23.1 Å². The van der Waals surface area contributed by atoms with Crippen LogP contribution in [-0.4, -0.2) is 20.7 Å². The molecule has 3 aromatic rings. The van der Waals surface area contributed by atoms with Gasteiger partial charge in [0.25, 0.3) is 5.91 Å². The molecular weight excluding hydrogens is 315 g/mol. The molecule has 0 aliphatic heterocycles. The molecule has 0 unspecified atom stereocenters. The molecule has 3 rings (SSSR count). The highest BCUT2D eigenvalue weighted by Gasteiger charge is 2.14. The molecular formula is C16H15FN4OS. The van der Waals surface area contributed by atoms with Crippen molar-refractivity contribution in [2.45, 2.75) is 19.9 Å². The highest BCUT2D eigenvalue weighted by Crippen LogP contribution is 2.24. The van der Waals surface area contributed by atoms with Gasteiger partial charge in [0.15, 0.2) is 0 Å². The fourth-order valence-electron chi connectivity index (χ4n) is 2.11. The topological polar surface area (TPSA) is 59.8 Å². The zero-order valence-electron chi connectivity index (χ0n) is 12.5. The number of thiazole rings is 1. The molecule has 1 N–H and O–H groups in total. The fraction of sp³-hybridized carbons (Fsp3) is 0.188. The minimum atomic E-state index is -0.299. The molecule has 0 radical (unpaired) electrons. The van der Waals surface area contributed by atoms with Crippen LogP contribution in [0.3, 0.4) is 0 Å². The summed E-state index contributed by atoms with van der Waals surface area (Å²) in [6.07, 6.45) is 2.58. The van der Waals surface area contributed by atoms with Crippen LogP contribution in [0.2, 0.25) is 0 Å². The molecule has 0 atom stereocenters. The third kappa shape index (κ3) is 3.45. The second-order valence-corrected chi connectivity index (χ2v) is 5.80. The Morgan fingerprint density at radius 3 is 2.83 bits per heavy atom. The first-order valence-electron chi connectivity index (χ1n) is 7.22. The van der Waals surface area contributed by atoms with Crippen LogP contribution in [0.5, 0.6) is 0 Å². The standard InChI is InChI=1S/C16H15FN4OS/c1-2-9-21-14(7-8-18-21)20-15(22)13-10-23-16(19-13)11-3-5-12(17)6-4-11/h3-8,10H,2,9H2,1H3,(H,20,22). The summed E-state index contributed by atoms with van der Waals surface area (Å²) < 4.78 is 14.7. The smallest absolute Gasteiger partial charge is 0.276 e. The lowest BCUT2D eigenvalue weighted by atomic mass is 10.2. The van der Waals surface area contributed by atoms with Crippen molar-refractivity contribution in [3.63, 3.8) is 0 Å². The van der Waals surface area contributed by atoms with Crippen molar-refractivity contribution in [3.8, 4) is 10.6 Å². The van der Waals surface area contributed by atoms with Crippen LogP contribution < -0.4 is 5.32 Å². The van der Waals surface area contributed by atoms with Crippen molar-refractivity contribution in [2.24, 2.45) is 0 Å². The van der Waals surface area contributed by atoms with E-state index in [4.69, 9.17) is 0 Å². The number of aryl methyl sites for hydroxylation is 1. The summed E-state index contributed by atoms with van der Waals surface area (Å²) in [5, 5.41) is 9.34. The Bertz CT molecular complexity index is 810. The highest BCUT2D eigenvalue weighted by molar-refractivity contribution is 7.13. The number of hydrogen-bond acceptors (Lipinski definition) is 4. The third-order valence-electron chi connectivity index (χ3n) is 3.22. The highest BCUT2D eigenvalue weighted by atomic mass is 32.1. The SMILES string of the molecule is CCCn1nccc1NC(=O)c1csc(-c2ccc(F)cc2)n1. The lowest BCUT2D eigenvalue weighted by Gasteiger charge is -2.06. The normalized spacial score (nSPS) is 10.7. The van der Waals surface area contributed by atoms with E-state index in [1.807, 2.05) is 6.92 Å². The van der Waals surface area contributed by atoms with Gasteiger partial charge in [-0.3, -0.25) is 4.79 Å². The third-order valence-corrected chi connectivity index (χ3v) is 4.11. The second kappa shape index (κ2) is 6.70. The quantitative estimate of drug-likeness (QED) is 0.774. The van der Waals surface area contributed by atoms with E-state index in [1.54, 1.807) is 34.5 Å². The van der Waals surface area contributed by atoms with Crippen LogP contribution in [0.15, 0.2) is 41.9 Å². The van der Waals surface area contributed by atoms with Crippen LogP contribution >= 0.6 is 11.3 Å². The van der Waals surface area contributed by atoms with Gasteiger partial charge in [0.2, 0.25) is 0 Å². The van der Waals surface area contributed by atoms with Crippen molar-refractivity contribution in [1.82, 2.24) is 14.8 Å². The number of carbonyl (C=O) groups is 1. The van der Waals surface area contributed by atoms with Gasteiger partial charge in [0, 0.05) is 23.6 Å². The molecule has 0 bridgehead atoms. The number of rotatable bonds is 5. The number of halogens is 1. The van der Waals surface area contributed by atoms with Crippen molar-refractivity contribution in [3.05, 3.63) is 53.4 Å². The number of nitrogens with zero attached hydrogens (tertiary/aromatic N) is 3. The summed E-state index contributed by atoms with van der Waals surface area (Å²) in [4.78, 5) is 16.6. The van der Waals surface area contributed by atoms with Gasteiger partial charge in [-0.2, -0.15) is 5.10 Å². The summed E-state index contributed by atoms with van der Waals surface area (Å²) in [7, 11) is 0. The summed E-state index contributed by atoms with van der Waals surface area (Å²) in [5.41, 5.74) is 1.12. The zero-order valence-corrected chi connectivity index (χ0v) is 13.3. The Morgan fingerprint density at radius 1 is 1.30 bits per heavy atom. The average molecular weight is 330 g/mol. The molecule has 0 spiro atoms. The van der Waals surface area contributed by atoms with Crippen LogP contribution in [0.4, 0.5) is 10.2 Å². The van der Waals surface area contributed by atoms with Gasteiger partial charge in [-0.1, -0.05) is 6.92 Å². The number of anilines is 1. The molecule has 2 heterocycles. The number of aromatic nitrogens is 3. The summed E-state index contributed by atoms with van der Waals surface area (Å²) in [5.74, 6) is 0.0631. The maximum absolute atomic E-state index is 13.0. The number of amides is 1. The molecule has 2 aromatic heterocycles. The number of carbonyl (C=O) groups excluding carboxylic acids is 1. The van der Waals surface area contributed by atoms with Gasteiger partial charge >= 0.3 is 0 Å². The van der Waals surface area contributed by atoms with Gasteiger partial charge in [-0.15, -0.1) is 11.3 Å². The van der Waals surface area contributed by atoms with Crippen LogP contribution in [-0.2, 0) is 6.54 Å². The van der Waals surface area contributed by atoms with Gasteiger partial charge in [0.1, 0.15) is 22.3 Å². The first-order chi connectivity index (χ1) is 11.2. The number of benzene rings is 1.